The zero-order chi connectivity index (χ0) is 9.14. The van der Waals surface area contributed by atoms with Crippen molar-refractivity contribution in [3.8, 4) is 0 Å². The van der Waals surface area contributed by atoms with Crippen LogP contribution in [-0.4, -0.2) is 36.2 Å². The van der Waals surface area contributed by atoms with E-state index in [4.69, 9.17) is 0 Å². The molecule has 2 bridgehead atoms. The predicted molar refractivity (Wildman–Crippen MR) is 51.1 cm³/mol. The van der Waals surface area contributed by atoms with Crippen LogP contribution in [0.5, 0.6) is 0 Å². The molecule has 0 radical (unpaired) electrons. The fourth-order valence-electron chi connectivity index (χ4n) is 2.48. The van der Waals surface area contributed by atoms with Gasteiger partial charge in [-0.25, -0.2) is 0 Å². The maximum Gasteiger partial charge on any atom is 0.0583 e. The predicted octanol–water partition coefficient (Wildman–Crippen LogP) is 1.35. The van der Waals surface area contributed by atoms with Crippen LogP contribution in [-0.2, 0) is 0 Å². The van der Waals surface area contributed by atoms with E-state index < -0.39 is 0 Å². The van der Waals surface area contributed by atoms with Crippen LogP contribution in [0.25, 0.3) is 0 Å². The maximum absolute atomic E-state index is 9.49. The second kappa shape index (κ2) is 4.24. The van der Waals surface area contributed by atoms with Gasteiger partial charge in [0.25, 0.3) is 0 Å². The molecule has 2 rings (SSSR count). The Morgan fingerprint density at radius 3 is 2.42 bits per heavy atom. The van der Waals surface area contributed by atoms with Gasteiger partial charge in [0, 0.05) is 13.1 Å². The summed E-state index contributed by atoms with van der Waals surface area (Å²) in [6.45, 7) is 6.31. The molecule has 1 saturated heterocycles. The second-order valence-electron chi connectivity index (χ2n) is 3.89. The standard InChI is InChI=1S/C8H15NO.C2H6/c1-9-4-6-2-7(5-9)8(10)3-6;1-2/h6-8,10H,2-5H2,1H3;1-2H3. The van der Waals surface area contributed by atoms with Crippen LogP contribution in [0.1, 0.15) is 26.7 Å². The van der Waals surface area contributed by atoms with Gasteiger partial charge in [-0.1, -0.05) is 13.8 Å². The minimum atomic E-state index is 0.00921. The molecule has 2 fully saturated rings. The average Bonchev–Trinajstić information content (AvgIpc) is 2.30. The van der Waals surface area contributed by atoms with E-state index in [1.165, 1.54) is 13.0 Å². The number of nitrogens with zero attached hydrogens (tertiary/aromatic N) is 1. The summed E-state index contributed by atoms with van der Waals surface area (Å²) in [7, 11) is 2.15. The molecule has 1 aliphatic heterocycles. The molecule has 0 spiro atoms. The van der Waals surface area contributed by atoms with Gasteiger partial charge >= 0.3 is 0 Å². The highest BCUT2D eigenvalue weighted by Gasteiger charge is 2.37. The van der Waals surface area contributed by atoms with Crippen LogP contribution < -0.4 is 0 Å². The van der Waals surface area contributed by atoms with E-state index >= 15 is 0 Å². The first-order valence-corrected chi connectivity index (χ1v) is 5.12. The third kappa shape index (κ3) is 1.99. The number of hydrogen-bond donors (Lipinski definition) is 1. The summed E-state index contributed by atoms with van der Waals surface area (Å²) >= 11 is 0. The van der Waals surface area contributed by atoms with Crippen molar-refractivity contribution >= 4 is 0 Å². The third-order valence-electron chi connectivity index (χ3n) is 2.87. The van der Waals surface area contributed by atoms with Crippen LogP contribution in [0.3, 0.4) is 0 Å². The van der Waals surface area contributed by atoms with E-state index in [0.29, 0.717) is 5.92 Å². The zero-order valence-corrected chi connectivity index (χ0v) is 8.45. The lowest BCUT2D eigenvalue weighted by atomic mass is 9.99. The Hall–Kier alpha value is -0.0800. The van der Waals surface area contributed by atoms with Gasteiger partial charge in [0.05, 0.1) is 6.10 Å². The van der Waals surface area contributed by atoms with E-state index in [0.717, 1.165) is 18.9 Å². The monoisotopic (exact) mass is 171 g/mol. The summed E-state index contributed by atoms with van der Waals surface area (Å²) in [5.41, 5.74) is 0. The number of piperidine rings is 1. The maximum atomic E-state index is 9.49. The first kappa shape index (κ1) is 10.0. The molecule has 12 heavy (non-hydrogen) atoms. The Morgan fingerprint density at radius 2 is 1.83 bits per heavy atom. The van der Waals surface area contributed by atoms with Crippen molar-refractivity contribution in [1.29, 1.82) is 0 Å². The first-order chi connectivity index (χ1) is 5.75. The van der Waals surface area contributed by atoms with E-state index in [1.807, 2.05) is 13.8 Å². The lowest BCUT2D eigenvalue weighted by Gasteiger charge is -2.28. The Labute approximate surface area is 75.6 Å². The number of rotatable bonds is 0. The van der Waals surface area contributed by atoms with Crippen LogP contribution in [0.4, 0.5) is 0 Å². The van der Waals surface area contributed by atoms with E-state index in [-0.39, 0.29) is 6.10 Å². The van der Waals surface area contributed by atoms with Crippen molar-refractivity contribution in [3.63, 3.8) is 0 Å². The molecule has 0 aromatic heterocycles. The van der Waals surface area contributed by atoms with Crippen molar-refractivity contribution in [2.45, 2.75) is 32.8 Å². The van der Waals surface area contributed by atoms with Crippen LogP contribution in [0, 0.1) is 11.8 Å². The summed E-state index contributed by atoms with van der Waals surface area (Å²) in [4.78, 5) is 2.34. The largest absolute Gasteiger partial charge is 0.393 e. The minimum Gasteiger partial charge on any atom is -0.393 e. The lowest BCUT2D eigenvalue weighted by molar-refractivity contribution is 0.112. The zero-order valence-electron chi connectivity index (χ0n) is 8.45. The Balaban J connectivity index is 0.000000336. The third-order valence-corrected chi connectivity index (χ3v) is 2.87. The number of aliphatic hydroxyl groups excluding tert-OH is 1. The van der Waals surface area contributed by atoms with Gasteiger partial charge in [-0.2, -0.15) is 0 Å². The topological polar surface area (TPSA) is 23.5 Å². The van der Waals surface area contributed by atoms with Gasteiger partial charge < -0.3 is 10.0 Å². The van der Waals surface area contributed by atoms with Crippen molar-refractivity contribution < 1.29 is 5.11 Å². The van der Waals surface area contributed by atoms with E-state index in [9.17, 15) is 5.11 Å². The number of hydrogen-bond acceptors (Lipinski definition) is 2. The van der Waals surface area contributed by atoms with Crippen LogP contribution in [0.2, 0.25) is 0 Å². The molecule has 1 heterocycles. The summed E-state index contributed by atoms with van der Waals surface area (Å²) < 4.78 is 0. The molecule has 1 aliphatic carbocycles. The van der Waals surface area contributed by atoms with Crippen LogP contribution in [0.15, 0.2) is 0 Å². The fourth-order valence-corrected chi connectivity index (χ4v) is 2.48. The Bertz CT molecular complexity index is 133. The van der Waals surface area contributed by atoms with Gasteiger partial charge in [-0.05, 0) is 31.7 Å². The summed E-state index contributed by atoms with van der Waals surface area (Å²) in [5.74, 6) is 1.38. The summed E-state index contributed by atoms with van der Waals surface area (Å²) in [5, 5.41) is 9.49. The van der Waals surface area contributed by atoms with Crippen molar-refractivity contribution in [1.82, 2.24) is 4.90 Å². The van der Waals surface area contributed by atoms with Gasteiger partial charge in [-0.3, -0.25) is 0 Å². The molecule has 0 amide bonds. The van der Waals surface area contributed by atoms with E-state index in [1.54, 1.807) is 0 Å². The molecule has 2 heteroatoms. The molecule has 3 atom stereocenters. The van der Waals surface area contributed by atoms with Gasteiger partial charge in [0.1, 0.15) is 0 Å². The highest BCUT2D eigenvalue weighted by molar-refractivity contribution is 4.90. The van der Waals surface area contributed by atoms with Crippen LogP contribution >= 0.6 is 0 Å². The normalized spacial score (nSPS) is 40.5. The molecule has 1 saturated carbocycles. The first-order valence-electron chi connectivity index (χ1n) is 5.12. The number of aliphatic hydroxyl groups is 1. The number of likely N-dealkylation sites (tertiary alicyclic amines) is 1. The van der Waals surface area contributed by atoms with Crippen molar-refractivity contribution in [2.75, 3.05) is 20.1 Å². The molecule has 0 aromatic rings. The molecule has 2 aliphatic rings. The van der Waals surface area contributed by atoms with Gasteiger partial charge in [0.15, 0.2) is 0 Å². The molecular weight excluding hydrogens is 150 g/mol. The molecule has 2 nitrogen and oxygen atoms in total. The fraction of sp³-hybridized carbons (Fsp3) is 1.00. The molecule has 0 aromatic carbocycles. The molecule has 72 valence electrons. The molecule has 3 unspecified atom stereocenters. The SMILES string of the molecule is CC.CN1CC2CC(O)C(C2)C1. The number of fused-ring (bicyclic) bond motifs is 2. The highest BCUT2D eigenvalue weighted by Crippen LogP contribution is 2.35. The highest BCUT2D eigenvalue weighted by atomic mass is 16.3. The summed E-state index contributed by atoms with van der Waals surface area (Å²) in [6, 6.07) is 0. The molecule has 1 N–H and O–H groups in total. The van der Waals surface area contributed by atoms with E-state index in [2.05, 4.69) is 11.9 Å². The minimum absolute atomic E-state index is 0.00921. The van der Waals surface area contributed by atoms with Crippen molar-refractivity contribution in [2.24, 2.45) is 11.8 Å². The lowest BCUT2D eigenvalue weighted by Crippen LogP contribution is -2.34. The Morgan fingerprint density at radius 1 is 1.17 bits per heavy atom. The molecular formula is C10H21NO. The second-order valence-corrected chi connectivity index (χ2v) is 3.89. The van der Waals surface area contributed by atoms with Gasteiger partial charge in [0.2, 0.25) is 0 Å². The smallest absolute Gasteiger partial charge is 0.0583 e. The van der Waals surface area contributed by atoms with Crippen molar-refractivity contribution in [3.05, 3.63) is 0 Å². The average molecular weight is 171 g/mol. The Kier molecular flexibility index (Phi) is 3.53. The quantitative estimate of drug-likeness (QED) is 0.594. The summed E-state index contributed by atoms with van der Waals surface area (Å²) in [6.07, 6.45) is 2.33. The van der Waals surface area contributed by atoms with Gasteiger partial charge in [-0.15, -0.1) is 0 Å².